The molecule has 12 rings (SSSR count). The number of hydrogen-bond donors (Lipinski definition) is 0. The Balaban J connectivity index is 1.17. The van der Waals surface area contributed by atoms with Gasteiger partial charge in [0.2, 0.25) is 0 Å². The minimum absolute atomic E-state index is 0.158. The van der Waals surface area contributed by atoms with Crippen LogP contribution in [-0.2, 0) is 5.41 Å². The summed E-state index contributed by atoms with van der Waals surface area (Å²) in [6.45, 7) is 4.72. The van der Waals surface area contributed by atoms with Crippen LogP contribution in [0.3, 0.4) is 0 Å². The first-order valence-electron chi connectivity index (χ1n) is 21.8. The van der Waals surface area contributed by atoms with Gasteiger partial charge in [0, 0.05) is 44.1 Å². The van der Waals surface area contributed by atoms with Crippen molar-refractivity contribution in [2.45, 2.75) is 19.3 Å². The average molecular weight is 806 g/mol. The zero-order chi connectivity index (χ0) is 42.1. The molecule has 0 atom stereocenters. The summed E-state index contributed by atoms with van der Waals surface area (Å²) in [6.07, 6.45) is 0. The summed E-state index contributed by atoms with van der Waals surface area (Å²) < 4.78 is 2.19. The van der Waals surface area contributed by atoms with Crippen LogP contribution in [0, 0.1) is 0 Å². The van der Waals surface area contributed by atoms with E-state index in [2.05, 4.69) is 248 Å². The lowest BCUT2D eigenvalue weighted by Gasteiger charge is -2.30. The Morgan fingerprint density at radius 3 is 1.78 bits per heavy atom. The summed E-state index contributed by atoms with van der Waals surface area (Å²) in [4.78, 5) is 2.51. The topological polar surface area (TPSA) is 20.5 Å². The van der Waals surface area contributed by atoms with Crippen molar-refractivity contribution in [3.8, 4) is 55.9 Å². The van der Waals surface area contributed by atoms with Crippen LogP contribution in [0.15, 0.2) is 224 Å². The molecule has 0 radical (unpaired) electrons. The molecule has 1 aliphatic rings. The highest BCUT2D eigenvalue weighted by atomic mass is 15.2. The van der Waals surface area contributed by atoms with Crippen molar-refractivity contribution in [2.75, 3.05) is 4.90 Å². The number of pyridine rings is 1. The highest BCUT2D eigenvalue weighted by Gasteiger charge is 2.38. The van der Waals surface area contributed by atoms with Gasteiger partial charge in [-0.05, 0) is 80.6 Å². The molecular formula is C60H43N3. The van der Waals surface area contributed by atoms with E-state index in [1.54, 1.807) is 0 Å². The standard InChI is InChI=1S/C60H43N3/c1-60(2)51-28-15-14-26-49(51)57-52(60)29-17-31-54(57)62(47-36-34-41(35-37-47)46-33-32-40-18-12-13-25-45(40)38-46)53-30-16-27-48-50(53)39-55(42-19-6-3-7-20-42)63-59(48)56(43-21-8-4-9-22-43)58(61-63)44-23-10-5-11-24-44/h3-39H,1-2H3. The van der Waals surface area contributed by atoms with Crippen molar-refractivity contribution in [1.29, 1.82) is 0 Å². The smallest absolute Gasteiger partial charge is 0.101 e. The summed E-state index contributed by atoms with van der Waals surface area (Å²) in [7, 11) is 0. The van der Waals surface area contributed by atoms with Gasteiger partial charge in [0.15, 0.2) is 0 Å². The molecule has 0 saturated heterocycles. The second-order valence-corrected chi connectivity index (χ2v) is 17.2. The first-order valence-corrected chi connectivity index (χ1v) is 21.8. The van der Waals surface area contributed by atoms with E-state index < -0.39 is 0 Å². The minimum atomic E-state index is -0.158. The largest absolute Gasteiger partial charge is 0.309 e. The highest BCUT2D eigenvalue weighted by Crippen LogP contribution is 2.55. The number of hydrogen-bond acceptors (Lipinski definition) is 2. The second kappa shape index (κ2) is 14.6. The fourth-order valence-corrected chi connectivity index (χ4v) is 10.1. The first-order chi connectivity index (χ1) is 31.0. The van der Waals surface area contributed by atoms with Gasteiger partial charge in [-0.3, -0.25) is 0 Å². The number of fused-ring (bicyclic) bond motifs is 7. The van der Waals surface area contributed by atoms with Crippen LogP contribution < -0.4 is 4.90 Å². The lowest BCUT2D eigenvalue weighted by molar-refractivity contribution is 0.660. The van der Waals surface area contributed by atoms with Crippen LogP contribution in [0.2, 0.25) is 0 Å². The summed E-state index contributed by atoms with van der Waals surface area (Å²) in [6, 6.07) is 81.6. The molecule has 0 spiro atoms. The maximum atomic E-state index is 5.53. The predicted octanol–water partition coefficient (Wildman–Crippen LogP) is 16.1. The van der Waals surface area contributed by atoms with E-state index in [-0.39, 0.29) is 5.41 Å². The molecule has 3 nitrogen and oxygen atoms in total. The quantitative estimate of drug-likeness (QED) is 0.160. The molecule has 2 heterocycles. The Bertz CT molecular complexity index is 3510. The third-order valence-electron chi connectivity index (χ3n) is 13.2. The molecule has 298 valence electrons. The Kier molecular flexibility index (Phi) is 8.52. The molecular weight excluding hydrogens is 763 g/mol. The fourth-order valence-electron chi connectivity index (χ4n) is 10.1. The third-order valence-corrected chi connectivity index (χ3v) is 13.2. The number of benzene rings is 9. The molecule has 11 aromatic rings. The van der Waals surface area contributed by atoms with Crippen molar-refractivity contribution in [2.24, 2.45) is 0 Å². The van der Waals surface area contributed by atoms with E-state index in [1.807, 2.05) is 0 Å². The van der Waals surface area contributed by atoms with E-state index in [4.69, 9.17) is 5.10 Å². The Labute approximate surface area is 367 Å². The molecule has 9 aromatic carbocycles. The van der Waals surface area contributed by atoms with Crippen LogP contribution in [0.5, 0.6) is 0 Å². The normalized spacial score (nSPS) is 12.7. The number of rotatable bonds is 7. The van der Waals surface area contributed by atoms with Crippen LogP contribution in [0.1, 0.15) is 25.0 Å². The zero-order valence-electron chi connectivity index (χ0n) is 35.2. The average Bonchev–Trinajstić information content (AvgIpc) is 3.86. The molecule has 0 saturated carbocycles. The maximum absolute atomic E-state index is 5.53. The number of nitrogens with zero attached hydrogens (tertiary/aromatic N) is 3. The molecule has 0 amide bonds. The van der Waals surface area contributed by atoms with Crippen molar-refractivity contribution < 1.29 is 0 Å². The van der Waals surface area contributed by atoms with Gasteiger partial charge in [-0.15, -0.1) is 0 Å². The minimum Gasteiger partial charge on any atom is -0.309 e. The van der Waals surface area contributed by atoms with Gasteiger partial charge in [-0.2, -0.15) is 5.10 Å². The highest BCUT2D eigenvalue weighted by molar-refractivity contribution is 6.14. The number of anilines is 3. The maximum Gasteiger partial charge on any atom is 0.101 e. The molecule has 0 N–H and O–H groups in total. The SMILES string of the molecule is CC1(C)c2ccccc2-c2c(N(c3ccc(-c4ccc5ccccc5c4)cc3)c3cccc4c3cc(-c3ccccc3)n3nc(-c5ccccc5)c(-c5ccccc5)c43)cccc21. The van der Waals surface area contributed by atoms with Gasteiger partial charge in [0.1, 0.15) is 5.69 Å². The summed E-state index contributed by atoms with van der Waals surface area (Å²) in [5.41, 5.74) is 18.3. The van der Waals surface area contributed by atoms with Crippen LogP contribution in [0.4, 0.5) is 17.1 Å². The van der Waals surface area contributed by atoms with Gasteiger partial charge in [0.05, 0.1) is 22.6 Å². The summed E-state index contributed by atoms with van der Waals surface area (Å²) in [5, 5.41) is 10.3. The molecule has 3 heteroatoms. The molecule has 0 bridgehead atoms. The van der Waals surface area contributed by atoms with Crippen LogP contribution in [0.25, 0.3) is 83.0 Å². The monoisotopic (exact) mass is 805 g/mol. The van der Waals surface area contributed by atoms with Gasteiger partial charge in [-0.25, -0.2) is 4.52 Å². The summed E-state index contributed by atoms with van der Waals surface area (Å²) >= 11 is 0. The lowest BCUT2D eigenvalue weighted by atomic mass is 9.82. The molecule has 0 fully saturated rings. The molecule has 0 unspecified atom stereocenters. The van der Waals surface area contributed by atoms with Crippen molar-refractivity contribution in [1.82, 2.24) is 9.61 Å². The fraction of sp³-hybridized carbons (Fsp3) is 0.0500. The van der Waals surface area contributed by atoms with E-state index in [0.29, 0.717) is 0 Å². The van der Waals surface area contributed by atoms with Crippen LogP contribution >= 0.6 is 0 Å². The molecule has 0 aliphatic heterocycles. The van der Waals surface area contributed by atoms with E-state index in [0.717, 1.165) is 67.0 Å². The Morgan fingerprint density at radius 1 is 0.413 bits per heavy atom. The van der Waals surface area contributed by atoms with Gasteiger partial charge in [-0.1, -0.05) is 202 Å². The zero-order valence-corrected chi connectivity index (χ0v) is 35.2. The third kappa shape index (κ3) is 5.92. The second-order valence-electron chi connectivity index (χ2n) is 17.2. The molecule has 63 heavy (non-hydrogen) atoms. The van der Waals surface area contributed by atoms with E-state index >= 15 is 0 Å². The lowest BCUT2D eigenvalue weighted by Crippen LogP contribution is -2.16. The Morgan fingerprint density at radius 2 is 1.02 bits per heavy atom. The van der Waals surface area contributed by atoms with Gasteiger partial charge < -0.3 is 4.90 Å². The molecule has 2 aromatic heterocycles. The van der Waals surface area contributed by atoms with Crippen LogP contribution in [-0.4, -0.2) is 9.61 Å². The first kappa shape index (κ1) is 36.8. The Hall–Kier alpha value is -8.01. The number of aromatic nitrogens is 2. The molecule has 1 aliphatic carbocycles. The van der Waals surface area contributed by atoms with Crippen molar-refractivity contribution in [3.63, 3.8) is 0 Å². The predicted molar refractivity (Wildman–Crippen MR) is 264 cm³/mol. The van der Waals surface area contributed by atoms with Gasteiger partial charge >= 0.3 is 0 Å². The van der Waals surface area contributed by atoms with E-state index in [9.17, 15) is 0 Å². The summed E-state index contributed by atoms with van der Waals surface area (Å²) in [5.74, 6) is 0. The van der Waals surface area contributed by atoms with Crippen molar-refractivity contribution in [3.05, 3.63) is 236 Å². The van der Waals surface area contributed by atoms with Crippen molar-refractivity contribution >= 4 is 44.1 Å². The van der Waals surface area contributed by atoms with Gasteiger partial charge in [0.25, 0.3) is 0 Å². The van der Waals surface area contributed by atoms with E-state index in [1.165, 1.54) is 44.2 Å².